The van der Waals surface area contributed by atoms with Gasteiger partial charge in [-0.2, -0.15) is 0 Å². The monoisotopic (exact) mass is 278 g/mol. The maximum absolute atomic E-state index is 11.6. The van der Waals surface area contributed by atoms with Crippen LogP contribution in [0.15, 0.2) is 37.1 Å². The molecule has 0 aromatic heterocycles. The van der Waals surface area contributed by atoms with Crippen LogP contribution in [0, 0.1) is 10.1 Å². The number of para-hydroxylation sites is 2. The number of carbonyl (C=O) groups is 2. The fourth-order valence-corrected chi connectivity index (χ4v) is 1.50. The number of carbonyl (C=O) groups excluding carboxylic acids is 2. The summed E-state index contributed by atoms with van der Waals surface area (Å²) in [6.45, 7) is 3.24. The number of nitro groups is 1. The lowest BCUT2D eigenvalue weighted by Gasteiger charge is -2.05. The Labute approximate surface area is 115 Å². The molecule has 0 saturated heterocycles. The van der Waals surface area contributed by atoms with Gasteiger partial charge in [0.2, 0.25) is 5.91 Å². The van der Waals surface area contributed by atoms with E-state index in [1.807, 2.05) is 0 Å². The summed E-state index contributed by atoms with van der Waals surface area (Å²) >= 11 is 0. The molecule has 1 rings (SSSR count). The first-order chi connectivity index (χ1) is 9.54. The normalized spacial score (nSPS) is 9.60. The summed E-state index contributed by atoms with van der Waals surface area (Å²) in [5.74, 6) is -0.871. The standard InChI is InChI=1S/C13H14N2O5/c1-2-20-13(17)9-5-8-12(16)14-10-6-3-4-7-11(10)15(18)19/h2-4,6-7H,1,5,8-9H2,(H,14,16). The highest BCUT2D eigenvalue weighted by Crippen LogP contribution is 2.23. The third-order valence-corrected chi connectivity index (χ3v) is 2.37. The Morgan fingerprint density at radius 2 is 2.05 bits per heavy atom. The Morgan fingerprint density at radius 1 is 1.35 bits per heavy atom. The van der Waals surface area contributed by atoms with Gasteiger partial charge in [-0.3, -0.25) is 19.7 Å². The first-order valence-corrected chi connectivity index (χ1v) is 5.88. The Bertz CT molecular complexity index is 527. The molecular weight excluding hydrogens is 264 g/mol. The molecule has 0 aliphatic heterocycles. The Morgan fingerprint density at radius 3 is 2.70 bits per heavy atom. The zero-order valence-corrected chi connectivity index (χ0v) is 10.7. The topological polar surface area (TPSA) is 98.5 Å². The molecule has 0 radical (unpaired) electrons. The zero-order chi connectivity index (χ0) is 15.0. The number of nitrogens with zero attached hydrogens (tertiary/aromatic N) is 1. The summed E-state index contributed by atoms with van der Waals surface area (Å²) in [7, 11) is 0. The van der Waals surface area contributed by atoms with Gasteiger partial charge in [-0.15, -0.1) is 0 Å². The van der Waals surface area contributed by atoms with Gasteiger partial charge >= 0.3 is 5.97 Å². The minimum atomic E-state index is -0.572. The van der Waals surface area contributed by atoms with E-state index in [2.05, 4.69) is 16.6 Å². The number of anilines is 1. The predicted octanol–water partition coefficient (Wildman–Crippen LogP) is 2.39. The predicted molar refractivity (Wildman–Crippen MR) is 71.9 cm³/mol. The highest BCUT2D eigenvalue weighted by Gasteiger charge is 2.14. The Kier molecular flexibility index (Phi) is 5.89. The van der Waals surface area contributed by atoms with E-state index in [1.54, 1.807) is 6.07 Å². The number of benzene rings is 1. The van der Waals surface area contributed by atoms with Gasteiger partial charge in [-0.1, -0.05) is 18.7 Å². The number of nitro benzene ring substituents is 1. The van der Waals surface area contributed by atoms with Crippen molar-refractivity contribution >= 4 is 23.3 Å². The minimum Gasteiger partial charge on any atom is -0.435 e. The summed E-state index contributed by atoms with van der Waals surface area (Å²) < 4.78 is 4.50. The second kappa shape index (κ2) is 7.67. The quantitative estimate of drug-likeness (QED) is 0.357. The van der Waals surface area contributed by atoms with Gasteiger partial charge in [-0.05, 0) is 12.5 Å². The van der Waals surface area contributed by atoms with Crippen LogP contribution in [0.3, 0.4) is 0 Å². The first kappa shape index (κ1) is 15.4. The third-order valence-electron chi connectivity index (χ3n) is 2.37. The van der Waals surface area contributed by atoms with E-state index < -0.39 is 16.8 Å². The van der Waals surface area contributed by atoms with E-state index in [4.69, 9.17) is 0 Å². The number of esters is 1. The van der Waals surface area contributed by atoms with Gasteiger partial charge in [0.05, 0.1) is 11.2 Å². The van der Waals surface area contributed by atoms with E-state index in [-0.39, 0.29) is 24.2 Å². The van der Waals surface area contributed by atoms with E-state index in [0.29, 0.717) is 6.42 Å². The van der Waals surface area contributed by atoms with Crippen LogP contribution >= 0.6 is 0 Å². The van der Waals surface area contributed by atoms with Crippen molar-refractivity contribution in [2.24, 2.45) is 0 Å². The van der Waals surface area contributed by atoms with Gasteiger partial charge < -0.3 is 10.1 Å². The van der Waals surface area contributed by atoms with Crippen LogP contribution in [0.2, 0.25) is 0 Å². The zero-order valence-electron chi connectivity index (χ0n) is 10.7. The largest absolute Gasteiger partial charge is 0.435 e. The maximum Gasteiger partial charge on any atom is 0.310 e. The van der Waals surface area contributed by atoms with Gasteiger partial charge in [0.25, 0.3) is 5.69 Å². The maximum atomic E-state index is 11.6. The molecule has 0 heterocycles. The van der Waals surface area contributed by atoms with Crippen molar-refractivity contribution in [3.63, 3.8) is 0 Å². The molecule has 0 aliphatic rings. The number of nitrogens with one attached hydrogen (secondary N) is 1. The van der Waals surface area contributed by atoms with Crippen molar-refractivity contribution in [3.05, 3.63) is 47.2 Å². The highest BCUT2D eigenvalue weighted by atomic mass is 16.6. The molecule has 1 amide bonds. The van der Waals surface area contributed by atoms with Crippen molar-refractivity contribution in [3.8, 4) is 0 Å². The molecule has 0 bridgehead atoms. The van der Waals surface area contributed by atoms with Crippen molar-refractivity contribution in [1.29, 1.82) is 0 Å². The summed E-state index contributed by atoms with van der Waals surface area (Å²) in [4.78, 5) is 32.8. The number of rotatable bonds is 7. The molecule has 1 N–H and O–H groups in total. The third kappa shape index (κ3) is 4.89. The summed E-state index contributed by atoms with van der Waals surface area (Å²) in [6, 6.07) is 5.85. The molecule has 0 aliphatic carbocycles. The second-order valence-corrected chi connectivity index (χ2v) is 3.83. The van der Waals surface area contributed by atoms with Gasteiger partial charge in [0.15, 0.2) is 0 Å². The molecule has 1 aromatic rings. The van der Waals surface area contributed by atoms with Gasteiger partial charge in [0, 0.05) is 18.9 Å². The van der Waals surface area contributed by atoms with Crippen LogP contribution in [-0.4, -0.2) is 16.8 Å². The fourth-order valence-electron chi connectivity index (χ4n) is 1.50. The van der Waals surface area contributed by atoms with Crippen molar-refractivity contribution < 1.29 is 19.2 Å². The van der Waals surface area contributed by atoms with Crippen LogP contribution in [0.25, 0.3) is 0 Å². The van der Waals surface area contributed by atoms with Crippen LogP contribution < -0.4 is 5.32 Å². The highest BCUT2D eigenvalue weighted by molar-refractivity contribution is 5.93. The molecule has 7 nitrogen and oxygen atoms in total. The average Bonchev–Trinajstić information content (AvgIpc) is 2.39. The molecule has 0 fully saturated rings. The molecule has 20 heavy (non-hydrogen) atoms. The molecule has 1 aromatic carbocycles. The van der Waals surface area contributed by atoms with Gasteiger partial charge in [0.1, 0.15) is 5.69 Å². The SMILES string of the molecule is C=COC(=O)CCCC(=O)Nc1ccccc1[N+](=O)[O-]. The lowest BCUT2D eigenvalue weighted by atomic mass is 10.2. The number of amides is 1. The summed E-state index contributed by atoms with van der Waals surface area (Å²) in [6.07, 6.45) is 1.46. The number of hydrogen-bond acceptors (Lipinski definition) is 5. The van der Waals surface area contributed by atoms with Crippen LogP contribution in [0.5, 0.6) is 0 Å². The molecule has 7 heteroatoms. The van der Waals surface area contributed by atoms with Crippen LogP contribution in [0.1, 0.15) is 19.3 Å². The number of ether oxygens (including phenoxy) is 1. The van der Waals surface area contributed by atoms with Crippen LogP contribution in [-0.2, 0) is 14.3 Å². The average molecular weight is 278 g/mol. The lowest BCUT2D eigenvalue weighted by molar-refractivity contribution is -0.383. The van der Waals surface area contributed by atoms with E-state index >= 15 is 0 Å². The van der Waals surface area contributed by atoms with E-state index in [9.17, 15) is 19.7 Å². The van der Waals surface area contributed by atoms with E-state index in [0.717, 1.165) is 6.26 Å². The van der Waals surface area contributed by atoms with Crippen molar-refractivity contribution in [2.45, 2.75) is 19.3 Å². The Balaban J connectivity index is 2.49. The first-order valence-electron chi connectivity index (χ1n) is 5.88. The van der Waals surface area contributed by atoms with Gasteiger partial charge in [-0.25, -0.2) is 0 Å². The molecule has 0 atom stereocenters. The molecular formula is C13H14N2O5. The Hall–Kier alpha value is -2.70. The lowest BCUT2D eigenvalue weighted by Crippen LogP contribution is -2.13. The molecule has 0 saturated carbocycles. The molecule has 106 valence electrons. The summed E-state index contributed by atoms with van der Waals surface area (Å²) in [5, 5.41) is 13.2. The van der Waals surface area contributed by atoms with E-state index in [1.165, 1.54) is 18.2 Å². The smallest absolute Gasteiger partial charge is 0.310 e. The summed E-state index contributed by atoms with van der Waals surface area (Å²) in [5.41, 5.74) is -0.0388. The minimum absolute atomic E-state index is 0.0677. The van der Waals surface area contributed by atoms with Crippen molar-refractivity contribution in [2.75, 3.05) is 5.32 Å². The molecule has 0 spiro atoms. The fraction of sp³-hybridized carbons (Fsp3) is 0.231. The molecule has 0 unspecified atom stereocenters. The van der Waals surface area contributed by atoms with Crippen LogP contribution in [0.4, 0.5) is 11.4 Å². The number of hydrogen-bond donors (Lipinski definition) is 1. The van der Waals surface area contributed by atoms with Crippen molar-refractivity contribution in [1.82, 2.24) is 0 Å². The second-order valence-electron chi connectivity index (χ2n) is 3.83.